The molecule has 0 heterocycles. The average molecular weight is 268 g/mol. The number of rotatable bonds is 5. The van der Waals surface area contributed by atoms with Crippen LogP contribution >= 0.6 is 0 Å². The Balaban J connectivity index is 2.51. The van der Waals surface area contributed by atoms with E-state index in [4.69, 9.17) is 5.11 Å². The number of halogens is 1. The van der Waals surface area contributed by atoms with E-state index < -0.39 is 17.8 Å². The number of anilines is 1. The van der Waals surface area contributed by atoms with Gasteiger partial charge in [0.1, 0.15) is 5.82 Å². The molecule has 0 bridgehead atoms. The quantitative estimate of drug-likeness (QED) is 0.861. The maximum atomic E-state index is 13.1. The molecule has 2 amide bonds. The lowest BCUT2D eigenvalue weighted by Gasteiger charge is -2.17. The summed E-state index contributed by atoms with van der Waals surface area (Å²) in [5, 5.41) is 11.1. The van der Waals surface area contributed by atoms with Gasteiger partial charge in [-0.1, -0.05) is 0 Å². The highest BCUT2D eigenvalue weighted by Crippen LogP contribution is 2.13. The number of benzene rings is 1. The summed E-state index contributed by atoms with van der Waals surface area (Å²) in [7, 11) is 1.56. The summed E-state index contributed by atoms with van der Waals surface area (Å²) in [5.74, 6) is -1.31. The van der Waals surface area contributed by atoms with Crippen molar-refractivity contribution in [3.05, 3.63) is 29.6 Å². The third-order valence-electron chi connectivity index (χ3n) is 2.52. The number of carboxylic acids is 1. The molecule has 0 radical (unpaired) electrons. The van der Waals surface area contributed by atoms with Crippen molar-refractivity contribution in [3.8, 4) is 0 Å². The van der Waals surface area contributed by atoms with Crippen LogP contribution in [0, 0.1) is 12.7 Å². The van der Waals surface area contributed by atoms with E-state index in [1.165, 1.54) is 17.0 Å². The molecule has 0 unspecified atom stereocenters. The number of aryl methyl sites for hydroxylation is 1. The van der Waals surface area contributed by atoms with E-state index in [0.29, 0.717) is 24.2 Å². The smallest absolute Gasteiger partial charge is 0.321 e. The monoisotopic (exact) mass is 268 g/mol. The number of amides is 2. The van der Waals surface area contributed by atoms with E-state index in [-0.39, 0.29) is 6.42 Å². The van der Waals surface area contributed by atoms with Gasteiger partial charge in [-0.2, -0.15) is 0 Å². The Bertz CT molecular complexity index is 457. The first kappa shape index (κ1) is 14.9. The molecule has 0 aliphatic rings. The van der Waals surface area contributed by atoms with Gasteiger partial charge in [-0.05, 0) is 37.1 Å². The van der Waals surface area contributed by atoms with Crippen LogP contribution in [-0.4, -0.2) is 35.6 Å². The minimum Gasteiger partial charge on any atom is -0.481 e. The number of aliphatic carboxylic acids is 1. The van der Waals surface area contributed by atoms with Crippen LogP contribution in [-0.2, 0) is 4.79 Å². The maximum absolute atomic E-state index is 13.1. The van der Waals surface area contributed by atoms with Crippen molar-refractivity contribution < 1.29 is 19.1 Å². The Labute approximate surface area is 111 Å². The van der Waals surface area contributed by atoms with Gasteiger partial charge in [-0.25, -0.2) is 9.18 Å². The number of nitrogens with one attached hydrogen (secondary N) is 1. The average Bonchev–Trinajstić information content (AvgIpc) is 2.26. The number of hydrogen-bond acceptors (Lipinski definition) is 2. The molecule has 0 atom stereocenters. The Morgan fingerprint density at radius 2 is 2.05 bits per heavy atom. The molecule has 0 aliphatic carbocycles. The molecule has 0 aliphatic heterocycles. The topological polar surface area (TPSA) is 69.6 Å². The summed E-state index contributed by atoms with van der Waals surface area (Å²) in [4.78, 5) is 23.5. The lowest BCUT2D eigenvalue weighted by molar-refractivity contribution is -0.137. The van der Waals surface area contributed by atoms with E-state index in [1.54, 1.807) is 20.0 Å². The van der Waals surface area contributed by atoms with Crippen LogP contribution in [0.15, 0.2) is 18.2 Å². The molecular weight excluding hydrogens is 251 g/mol. The van der Waals surface area contributed by atoms with Crippen LogP contribution in [0.3, 0.4) is 0 Å². The number of hydrogen-bond donors (Lipinski definition) is 2. The minimum atomic E-state index is -0.894. The van der Waals surface area contributed by atoms with Crippen LogP contribution in [0.2, 0.25) is 0 Å². The summed E-state index contributed by atoms with van der Waals surface area (Å²) in [6.45, 7) is 2.06. The zero-order valence-electron chi connectivity index (χ0n) is 10.9. The molecule has 1 rings (SSSR count). The Kier molecular flexibility index (Phi) is 5.29. The standard InChI is InChI=1S/C13H17FN2O3/c1-9-6-10(14)8-11(7-9)15-13(19)16(2)5-3-4-12(17)18/h6-8H,3-5H2,1-2H3,(H,15,19)(H,17,18). The highest BCUT2D eigenvalue weighted by molar-refractivity contribution is 5.89. The summed E-state index contributed by atoms with van der Waals surface area (Å²) >= 11 is 0. The van der Waals surface area contributed by atoms with E-state index >= 15 is 0 Å². The molecule has 6 heteroatoms. The van der Waals surface area contributed by atoms with Gasteiger partial charge in [0.25, 0.3) is 0 Å². The molecule has 0 saturated heterocycles. The van der Waals surface area contributed by atoms with Crippen molar-refractivity contribution in [2.45, 2.75) is 19.8 Å². The predicted molar refractivity (Wildman–Crippen MR) is 69.7 cm³/mol. The molecule has 19 heavy (non-hydrogen) atoms. The van der Waals surface area contributed by atoms with Crippen LogP contribution in [0.5, 0.6) is 0 Å². The first-order valence-electron chi connectivity index (χ1n) is 5.89. The minimum absolute atomic E-state index is 0.0106. The first-order valence-corrected chi connectivity index (χ1v) is 5.89. The third-order valence-corrected chi connectivity index (χ3v) is 2.52. The number of nitrogens with zero attached hydrogens (tertiary/aromatic N) is 1. The van der Waals surface area contributed by atoms with Gasteiger partial charge in [0, 0.05) is 25.7 Å². The molecule has 2 N–H and O–H groups in total. The highest BCUT2D eigenvalue weighted by atomic mass is 19.1. The van der Waals surface area contributed by atoms with Crippen molar-refractivity contribution in [1.29, 1.82) is 0 Å². The fraction of sp³-hybridized carbons (Fsp3) is 0.385. The van der Waals surface area contributed by atoms with Crippen LogP contribution < -0.4 is 5.32 Å². The third kappa shape index (κ3) is 5.37. The number of urea groups is 1. The lowest BCUT2D eigenvalue weighted by atomic mass is 10.2. The number of carboxylic acid groups (broad SMARTS) is 1. The molecular formula is C13H17FN2O3. The van der Waals surface area contributed by atoms with Crippen LogP contribution in [0.4, 0.5) is 14.9 Å². The van der Waals surface area contributed by atoms with E-state index in [2.05, 4.69) is 5.32 Å². The summed E-state index contributed by atoms with van der Waals surface area (Å²) in [6.07, 6.45) is 0.387. The van der Waals surface area contributed by atoms with Crippen LogP contribution in [0.25, 0.3) is 0 Å². The van der Waals surface area contributed by atoms with E-state index in [1.807, 2.05) is 0 Å². The maximum Gasteiger partial charge on any atom is 0.321 e. The van der Waals surface area contributed by atoms with Gasteiger partial charge in [0.2, 0.25) is 0 Å². The normalized spacial score (nSPS) is 10.1. The van der Waals surface area contributed by atoms with Gasteiger partial charge in [0.15, 0.2) is 0 Å². The largest absolute Gasteiger partial charge is 0.481 e. The zero-order valence-corrected chi connectivity index (χ0v) is 10.9. The van der Waals surface area contributed by atoms with Crippen molar-refractivity contribution in [3.63, 3.8) is 0 Å². The molecule has 5 nitrogen and oxygen atoms in total. The molecule has 1 aromatic carbocycles. The van der Waals surface area contributed by atoms with E-state index in [9.17, 15) is 14.0 Å². The molecule has 0 aromatic heterocycles. The van der Waals surface area contributed by atoms with Crippen molar-refractivity contribution in [2.24, 2.45) is 0 Å². The molecule has 1 aromatic rings. The Morgan fingerprint density at radius 1 is 1.37 bits per heavy atom. The van der Waals surface area contributed by atoms with Crippen molar-refractivity contribution in [2.75, 3.05) is 18.9 Å². The first-order chi connectivity index (χ1) is 8.88. The second-order valence-electron chi connectivity index (χ2n) is 4.37. The summed E-state index contributed by atoms with van der Waals surface area (Å²) in [5.41, 5.74) is 1.09. The summed E-state index contributed by atoms with van der Waals surface area (Å²) < 4.78 is 13.1. The molecule has 0 spiro atoms. The van der Waals surface area contributed by atoms with Gasteiger partial charge >= 0.3 is 12.0 Å². The van der Waals surface area contributed by atoms with Gasteiger partial charge < -0.3 is 15.3 Å². The lowest BCUT2D eigenvalue weighted by Crippen LogP contribution is -2.32. The number of carbonyl (C=O) groups excluding carboxylic acids is 1. The second-order valence-corrected chi connectivity index (χ2v) is 4.37. The number of carbonyl (C=O) groups is 2. The molecule has 0 fully saturated rings. The second kappa shape index (κ2) is 6.72. The predicted octanol–water partition coefficient (Wildman–Crippen LogP) is 2.46. The fourth-order valence-electron chi connectivity index (χ4n) is 1.60. The fourth-order valence-corrected chi connectivity index (χ4v) is 1.60. The van der Waals surface area contributed by atoms with Gasteiger partial charge in [-0.15, -0.1) is 0 Å². The molecule has 104 valence electrons. The van der Waals surface area contributed by atoms with Crippen molar-refractivity contribution in [1.82, 2.24) is 4.90 Å². The highest BCUT2D eigenvalue weighted by Gasteiger charge is 2.10. The van der Waals surface area contributed by atoms with Gasteiger partial charge in [-0.3, -0.25) is 4.79 Å². The Morgan fingerprint density at radius 3 is 2.63 bits per heavy atom. The zero-order chi connectivity index (χ0) is 14.4. The Hall–Kier alpha value is -2.11. The summed E-state index contributed by atoms with van der Waals surface area (Å²) in [6, 6.07) is 3.87. The van der Waals surface area contributed by atoms with Crippen LogP contribution in [0.1, 0.15) is 18.4 Å². The SMILES string of the molecule is Cc1cc(F)cc(NC(=O)N(C)CCCC(=O)O)c1. The van der Waals surface area contributed by atoms with Gasteiger partial charge in [0.05, 0.1) is 0 Å². The van der Waals surface area contributed by atoms with Crippen molar-refractivity contribution >= 4 is 17.7 Å². The molecule has 0 saturated carbocycles. The van der Waals surface area contributed by atoms with E-state index in [0.717, 1.165) is 0 Å².